The van der Waals surface area contributed by atoms with Crippen LogP contribution in [0.4, 0.5) is 19.3 Å². The Morgan fingerprint density at radius 2 is 1.58 bits per heavy atom. The van der Waals surface area contributed by atoms with Gasteiger partial charge in [0.25, 0.3) is 11.8 Å². The van der Waals surface area contributed by atoms with E-state index in [1.54, 1.807) is 0 Å². The highest BCUT2D eigenvalue weighted by Gasteiger charge is 2.44. The van der Waals surface area contributed by atoms with E-state index in [1.165, 1.54) is 36.4 Å². The van der Waals surface area contributed by atoms with Crippen molar-refractivity contribution in [2.75, 3.05) is 18.4 Å². The van der Waals surface area contributed by atoms with Gasteiger partial charge >= 0.3 is 12.0 Å². The molecule has 0 spiro atoms. The zero-order valence-electron chi connectivity index (χ0n) is 20.7. The van der Waals surface area contributed by atoms with Gasteiger partial charge in [-0.2, -0.15) is 0 Å². The van der Waals surface area contributed by atoms with Crippen LogP contribution in [0.3, 0.4) is 0 Å². The van der Waals surface area contributed by atoms with Crippen LogP contribution >= 0.6 is 0 Å². The zero-order chi connectivity index (χ0) is 27.2. The number of carbonyl (C=O) groups is 4. The lowest BCUT2D eigenvalue weighted by Gasteiger charge is -2.34. The van der Waals surface area contributed by atoms with Crippen LogP contribution < -0.4 is 10.6 Å². The molecule has 2 fully saturated rings. The van der Waals surface area contributed by atoms with Gasteiger partial charge in [-0.1, -0.05) is 31.4 Å². The lowest BCUT2D eigenvalue weighted by molar-refractivity contribution is -0.138. The van der Waals surface area contributed by atoms with Crippen LogP contribution in [0.5, 0.6) is 0 Å². The van der Waals surface area contributed by atoms with Gasteiger partial charge < -0.3 is 20.6 Å². The minimum absolute atomic E-state index is 0.00422. The second-order valence-electron chi connectivity index (χ2n) is 9.63. The SMILES string of the molecule is O=C(O)CC(NC(=O)C1N(C(=O)Nc2cccc(F)c2)CCN1C(=O)c1cccc(F)c1)C1CCCCC1. The quantitative estimate of drug-likeness (QED) is 0.505. The Bertz CT molecular complexity index is 1200. The van der Waals surface area contributed by atoms with E-state index < -0.39 is 47.7 Å². The van der Waals surface area contributed by atoms with E-state index in [-0.39, 0.29) is 36.7 Å². The first-order valence-corrected chi connectivity index (χ1v) is 12.6. The van der Waals surface area contributed by atoms with Crippen LogP contribution in [0.15, 0.2) is 48.5 Å². The molecule has 3 N–H and O–H groups in total. The Kier molecular flexibility index (Phi) is 8.55. The van der Waals surface area contributed by atoms with Gasteiger partial charge in [0.2, 0.25) is 0 Å². The number of carboxylic acids is 1. The molecular formula is C27H30F2N4O5. The number of amides is 4. The van der Waals surface area contributed by atoms with Gasteiger partial charge in [0, 0.05) is 30.4 Å². The zero-order valence-corrected chi connectivity index (χ0v) is 20.7. The lowest BCUT2D eigenvalue weighted by Crippen LogP contribution is -2.57. The summed E-state index contributed by atoms with van der Waals surface area (Å²) in [7, 11) is 0. The third kappa shape index (κ3) is 6.45. The van der Waals surface area contributed by atoms with Crippen molar-refractivity contribution in [1.82, 2.24) is 15.1 Å². The van der Waals surface area contributed by atoms with Gasteiger partial charge in [-0.25, -0.2) is 13.6 Å². The largest absolute Gasteiger partial charge is 0.481 e. The Labute approximate surface area is 218 Å². The monoisotopic (exact) mass is 528 g/mol. The number of rotatable bonds is 7. The van der Waals surface area contributed by atoms with Gasteiger partial charge in [0.1, 0.15) is 11.6 Å². The number of aliphatic carboxylic acids is 1. The molecule has 9 nitrogen and oxygen atoms in total. The summed E-state index contributed by atoms with van der Waals surface area (Å²) in [6, 6.07) is 8.82. The van der Waals surface area contributed by atoms with Crippen LogP contribution in [-0.2, 0) is 9.59 Å². The molecule has 11 heteroatoms. The summed E-state index contributed by atoms with van der Waals surface area (Å²) in [5, 5.41) is 14.8. The van der Waals surface area contributed by atoms with Gasteiger partial charge in [-0.3, -0.25) is 19.3 Å². The van der Waals surface area contributed by atoms with Gasteiger partial charge in [-0.05, 0) is 55.2 Å². The first kappa shape index (κ1) is 27.0. The van der Waals surface area contributed by atoms with Crippen molar-refractivity contribution < 1.29 is 33.1 Å². The molecular weight excluding hydrogens is 498 g/mol. The van der Waals surface area contributed by atoms with E-state index in [9.17, 15) is 33.1 Å². The van der Waals surface area contributed by atoms with Crippen molar-refractivity contribution in [3.05, 3.63) is 65.7 Å². The second kappa shape index (κ2) is 12.0. The third-order valence-corrected chi connectivity index (χ3v) is 7.02. The molecule has 4 rings (SSSR count). The summed E-state index contributed by atoms with van der Waals surface area (Å²) in [5.74, 6) is -3.68. The van der Waals surface area contributed by atoms with Gasteiger partial charge in [-0.15, -0.1) is 0 Å². The van der Waals surface area contributed by atoms with Gasteiger partial charge in [0.15, 0.2) is 6.17 Å². The molecule has 2 aliphatic rings. The molecule has 2 aromatic rings. The summed E-state index contributed by atoms with van der Waals surface area (Å²) in [6.45, 7) is -0.0374. The van der Waals surface area contributed by atoms with Crippen LogP contribution in [0.25, 0.3) is 0 Å². The number of hydrogen-bond donors (Lipinski definition) is 3. The summed E-state index contributed by atoms with van der Waals surface area (Å²) in [5.41, 5.74) is 0.166. The van der Waals surface area contributed by atoms with Crippen molar-refractivity contribution in [1.29, 1.82) is 0 Å². The molecule has 1 saturated heterocycles. The molecule has 0 aromatic heterocycles. The normalized spacial score (nSPS) is 18.6. The average Bonchev–Trinajstić information content (AvgIpc) is 3.34. The minimum Gasteiger partial charge on any atom is -0.481 e. The van der Waals surface area contributed by atoms with E-state index in [2.05, 4.69) is 10.6 Å². The molecule has 2 unspecified atom stereocenters. The predicted octanol–water partition coefficient (Wildman–Crippen LogP) is 3.82. The third-order valence-electron chi connectivity index (χ3n) is 7.02. The molecule has 1 heterocycles. The van der Waals surface area contributed by atoms with Crippen molar-refractivity contribution in [3.63, 3.8) is 0 Å². The highest BCUT2D eigenvalue weighted by Crippen LogP contribution is 2.29. The molecule has 2 atom stereocenters. The molecule has 38 heavy (non-hydrogen) atoms. The Balaban J connectivity index is 1.61. The van der Waals surface area contributed by atoms with E-state index in [0.717, 1.165) is 54.0 Å². The molecule has 1 aliphatic heterocycles. The van der Waals surface area contributed by atoms with Crippen LogP contribution in [-0.4, -0.2) is 64.0 Å². The standard InChI is InChI=1S/C27H30F2N4O5/c28-19-9-4-8-18(14-19)26(37)32-12-13-33(27(38)30-21-11-5-10-20(29)15-21)25(32)24(36)31-22(16-23(34)35)17-6-2-1-3-7-17/h4-5,8-11,14-15,17,22,25H,1-3,6-7,12-13,16H2,(H,30,38)(H,31,36)(H,34,35). The van der Waals surface area contributed by atoms with Crippen molar-refractivity contribution in [2.24, 2.45) is 5.92 Å². The lowest BCUT2D eigenvalue weighted by atomic mass is 9.82. The van der Waals surface area contributed by atoms with Crippen LogP contribution in [0, 0.1) is 17.6 Å². The maximum absolute atomic E-state index is 13.8. The fourth-order valence-electron chi connectivity index (χ4n) is 5.20. The van der Waals surface area contributed by atoms with Crippen molar-refractivity contribution in [2.45, 2.75) is 50.7 Å². The number of anilines is 1. The smallest absolute Gasteiger partial charge is 0.323 e. The maximum Gasteiger partial charge on any atom is 0.323 e. The van der Waals surface area contributed by atoms with Crippen LogP contribution in [0.2, 0.25) is 0 Å². The number of benzene rings is 2. The van der Waals surface area contributed by atoms with E-state index in [0.29, 0.717) is 0 Å². The number of nitrogens with one attached hydrogen (secondary N) is 2. The number of halogens is 2. The summed E-state index contributed by atoms with van der Waals surface area (Å²) in [4.78, 5) is 54.1. The Hall–Kier alpha value is -4.02. The number of hydrogen-bond acceptors (Lipinski definition) is 4. The average molecular weight is 529 g/mol. The fraction of sp³-hybridized carbons (Fsp3) is 0.407. The van der Waals surface area contributed by atoms with Gasteiger partial charge in [0.05, 0.1) is 6.42 Å². The Morgan fingerprint density at radius 1 is 0.921 bits per heavy atom. The molecule has 0 bridgehead atoms. The summed E-state index contributed by atoms with van der Waals surface area (Å²) in [6.07, 6.45) is 2.70. The summed E-state index contributed by atoms with van der Waals surface area (Å²) >= 11 is 0. The molecule has 1 aliphatic carbocycles. The molecule has 2 aromatic carbocycles. The van der Waals surface area contributed by atoms with E-state index >= 15 is 0 Å². The first-order chi connectivity index (χ1) is 18.2. The second-order valence-corrected chi connectivity index (χ2v) is 9.63. The molecule has 202 valence electrons. The van der Waals surface area contributed by atoms with Crippen molar-refractivity contribution in [3.8, 4) is 0 Å². The maximum atomic E-state index is 13.8. The fourth-order valence-corrected chi connectivity index (χ4v) is 5.20. The highest BCUT2D eigenvalue weighted by atomic mass is 19.1. The highest BCUT2D eigenvalue weighted by molar-refractivity contribution is 6.00. The number of carbonyl (C=O) groups excluding carboxylic acids is 3. The van der Waals surface area contributed by atoms with E-state index in [4.69, 9.17) is 0 Å². The number of carboxylic acid groups (broad SMARTS) is 1. The van der Waals surface area contributed by atoms with Crippen molar-refractivity contribution >= 4 is 29.5 Å². The molecule has 4 amide bonds. The summed E-state index contributed by atoms with van der Waals surface area (Å²) < 4.78 is 27.5. The Morgan fingerprint density at radius 3 is 2.24 bits per heavy atom. The minimum atomic E-state index is -1.42. The topological polar surface area (TPSA) is 119 Å². The number of nitrogens with zero attached hydrogens (tertiary/aromatic N) is 2. The predicted molar refractivity (Wildman–Crippen MR) is 134 cm³/mol. The first-order valence-electron chi connectivity index (χ1n) is 12.6. The number of urea groups is 1. The van der Waals surface area contributed by atoms with Crippen LogP contribution in [0.1, 0.15) is 48.9 Å². The van der Waals surface area contributed by atoms with E-state index in [1.807, 2.05) is 0 Å². The molecule has 1 saturated carbocycles. The molecule has 0 radical (unpaired) electrons.